The first kappa shape index (κ1) is 14.2. The summed E-state index contributed by atoms with van der Waals surface area (Å²) in [6.45, 7) is 0.807. The van der Waals surface area contributed by atoms with E-state index in [1.807, 2.05) is 36.4 Å². The van der Waals surface area contributed by atoms with Crippen molar-refractivity contribution in [1.82, 2.24) is 5.32 Å². The zero-order valence-corrected chi connectivity index (χ0v) is 12.1. The molecule has 1 aliphatic rings. The van der Waals surface area contributed by atoms with Crippen LogP contribution in [-0.2, 0) is 0 Å². The van der Waals surface area contributed by atoms with Gasteiger partial charge in [0.25, 0.3) is 5.91 Å². The van der Waals surface area contributed by atoms with Crippen LogP contribution in [0.1, 0.15) is 22.3 Å². The van der Waals surface area contributed by atoms with E-state index < -0.39 is 0 Å². The Morgan fingerprint density at radius 2 is 1.91 bits per heavy atom. The van der Waals surface area contributed by atoms with Crippen LogP contribution >= 0.6 is 0 Å². The number of hydrogen-bond donors (Lipinski definition) is 1. The van der Waals surface area contributed by atoms with Crippen molar-refractivity contribution in [2.45, 2.75) is 6.42 Å². The first-order chi connectivity index (χ1) is 10.8. The molecule has 0 bridgehead atoms. The average molecular weight is 295 g/mol. The zero-order chi connectivity index (χ0) is 15.2. The summed E-state index contributed by atoms with van der Waals surface area (Å²) in [5.74, 6) is 1.20. The molecule has 0 aliphatic carbocycles. The monoisotopic (exact) mass is 295 g/mol. The maximum atomic E-state index is 12.0. The second-order valence-corrected chi connectivity index (χ2v) is 4.93. The van der Waals surface area contributed by atoms with Gasteiger partial charge in [-0.1, -0.05) is 42.5 Å². The van der Waals surface area contributed by atoms with Crippen molar-refractivity contribution in [3.63, 3.8) is 0 Å². The lowest BCUT2D eigenvalue weighted by molar-refractivity contribution is 0.0954. The Labute approximate surface area is 129 Å². The van der Waals surface area contributed by atoms with Gasteiger partial charge in [-0.05, 0) is 30.2 Å². The van der Waals surface area contributed by atoms with E-state index in [0.717, 1.165) is 12.0 Å². The number of carbonyl (C=O) groups is 1. The first-order valence-electron chi connectivity index (χ1n) is 7.22. The van der Waals surface area contributed by atoms with Crippen LogP contribution in [0.15, 0.2) is 54.6 Å². The van der Waals surface area contributed by atoms with Crippen LogP contribution in [0.4, 0.5) is 0 Å². The van der Waals surface area contributed by atoms with E-state index in [2.05, 4.69) is 11.4 Å². The highest BCUT2D eigenvalue weighted by molar-refractivity contribution is 5.94. The molecule has 1 N–H and O–H groups in total. The number of amides is 1. The number of nitrogens with one attached hydrogen (secondary N) is 1. The molecule has 0 saturated carbocycles. The van der Waals surface area contributed by atoms with Crippen LogP contribution < -0.4 is 14.8 Å². The maximum absolute atomic E-state index is 12.0. The van der Waals surface area contributed by atoms with Gasteiger partial charge in [0, 0.05) is 12.1 Å². The minimum Gasteiger partial charge on any atom is -0.454 e. The molecular formula is C18H17NO3. The van der Waals surface area contributed by atoms with Gasteiger partial charge in [0.1, 0.15) is 0 Å². The first-order valence-corrected chi connectivity index (χ1v) is 7.22. The van der Waals surface area contributed by atoms with Gasteiger partial charge in [-0.3, -0.25) is 4.79 Å². The van der Waals surface area contributed by atoms with Crippen molar-refractivity contribution in [1.29, 1.82) is 0 Å². The molecule has 1 aliphatic heterocycles. The van der Waals surface area contributed by atoms with Crippen LogP contribution in [-0.4, -0.2) is 19.2 Å². The lowest BCUT2D eigenvalue weighted by Gasteiger charge is -2.04. The quantitative estimate of drug-likeness (QED) is 0.861. The Hall–Kier alpha value is -2.75. The summed E-state index contributed by atoms with van der Waals surface area (Å²) in [6.07, 6.45) is 4.88. The minimum atomic E-state index is -0.105. The fourth-order valence-electron chi connectivity index (χ4n) is 2.19. The van der Waals surface area contributed by atoms with Gasteiger partial charge in [-0.2, -0.15) is 0 Å². The number of fused-ring (bicyclic) bond motifs is 1. The van der Waals surface area contributed by atoms with Gasteiger partial charge >= 0.3 is 0 Å². The third-order valence-electron chi connectivity index (χ3n) is 3.34. The van der Waals surface area contributed by atoms with Crippen molar-refractivity contribution in [2.75, 3.05) is 13.3 Å². The van der Waals surface area contributed by atoms with Crippen molar-refractivity contribution in [2.24, 2.45) is 0 Å². The topological polar surface area (TPSA) is 47.6 Å². The van der Waals surface area contributed by atoms with Crippen molar-refractivity contribution >= 4 is 12.0 Å². The summed E-state index contributed by atoms with van der Waals surface area (Å²) < 4.78 is 10.5. The van der Waals surface area contributed by atoms with Crippen LogP contribution in [0.5, 0.6) is 11.5 Å². The standard InChI is InChI=1S/C18H17NO3/c20-18(15-9-10-16-17(12-15)22-13-21-16)19-11-5-4-8-14-6-2-1-3-7-14/h1-4,6-10,12H,5,11,13H2,(H,19,20)/b8-4+. The minimum absolute atomic E-state index is 0.105. The third-order valence-corrected chi connectivity index (χ3v) is 3.34. The molecule has 0 unspecified atom stereocenters. The van der Waals surface area contributed by atoms with Crippen LogP contribution in [0.2, 0.25) is 0 Å². The van der Waals surface area contributed by atoms with Crippen LogP contribution in [0.3, 0.4) is 0 Å². The Morgan fingerprint density at radius 1 is 1.09 bits per heavy atom. The summed E-state index contributed by atoms with van der Waals surface area (Å²) in [4.78, 5) is 12.0. The maximum Gasteiger partial charge on any atom is 0.251 e. The summed E-state index contributed by atoms with van der Waals surface area (Å²) in [6, 6.07) is 15.3. The Balaban J connectivity index is 1.47. The molecule has 22 heavy (non-hydrogen) atoms. The van der Waals surface area contributed by atoms with E-state index in [0.29, 0.717) is 23.6 Å². The number of rotatable bonds is 5. The summed E-state index contributed by atoms with van der Waals surface area (Å²) >= 11 is 0. The smallest absolute Gasteiger partial charge is 0.251 e. The molecule has 4 heteroatoms. The van der Waals surface area contributed by atoms with Gasteiger partial charge in [0.05, 0.1) is 0 Å². The second kappa shape index (κ2) is 6.80. The van der Waals surface area contributed by atoms with E-state index in [1.54, 1.807) is 18.2 Å². The van der Waals surface area contributed by atoms with Gasteiger partial charge < -0.3 is 14.8 Å². The number of hydrogen-bond acceptors (Lipinski definition) is 3. The van der Waals surface area contributed by atoms with E-state index in [1.165, 1.54) is 0 Å². The van der Waals surface area contributed by atoms with Crippen molar-refractivity contribution in [3.05, 3.63) is 65.7 Å². The van der Waals surface area contributed by atoms with E-state index in [9.17, 15) is 4.79 Å². The van der Waals surface area contributed by atoms with Crippen molar-refractivity contribution < 1.29 is 14.3 Å². The fourth-order valence-corrected chi connectivity index (χ4v) is 2.19. The third kappa shape index (κ3) is 3.47. The Kier molecular flexibility index (Phi) is 4.39. The summed E-state index contributed by atoms with van der Waals surface area (Å²) in [5.41, 5.74) is 1.74. The Morgan fingerprint density at radius 3 is 2.77 bits per heavy atom. The van der Waals surface area contributed by atoms with E-state index in [-0.39, 0.29) is 12.7 Å². The van der Waals surface area contributed by atoms with E-state index in [4.69, 9.17) is 9.47 Å². The SMILES string of the molecule is O=C(NCC/C=C/c1ccccc1)c1ccc2c(c1)OCO2. The second-order valence-electron chi connectivity index (χ2n) is 4.93. The van der Waals surface area contributed by atoms with Gasteiger partial charge in [0.2, 0.25) is 6.79 Å². The molecule has 1 amide bonds. The highest BCUT2D eigenvalue weighted by Crippen LogP contribution is 2.32. The molecule has 0 spiro atoms. The summed E-state index contributed by atoms with van der Waals surface area (Å²) in [7, 11) is 0. The number of benzene rings is 2. The largest absolute Gasteiger partial charge is 0.454 e. The van der Waals surface area contributed by atoms with Crippen LogP contribution in [0.25, 0.3) is 6.08 Å². The molecule has 0 radical (unpaired) electrons. The van der Waals surface area contributed by atoms with Crippen LogP contribution in [0, 0.1) is 0 Å². The molecular weight excluding hydrogens is 278 g/mol. The molecule has 112 valence electrons. The molecule has 0 aromatic heterocycles. The molecule has 1 heterocycles. The van der Waals surface area contributed by atoms with E-state index >= 15 is 0 Å². The number of ether oxygens (including phenoxy) is 2. The van der Waals surface area contributed by atoms with Crippen molar-refractivity contribution in [3.8, 4) is 11.5 Å². The highest BCUT2D eigenvalue weighted by atomic mass is 16.7. The van der Waals surface area contributed by atoms with Gasteiger partial charge in [-0.15, -0.1) is 0 Å². The van der Waals surface area contributed by atoms with Gasteiger partial charge in [0.15, 0.2) is 11.5 Å². The molecule has 2 aromatic rings. The van der Waals surface area contributed by atoms with Gasteiger partial charge in [-0.25, -0.2) is 0 Å². The normalized spacial score (nSPS) is 12.5. The number of carbonyl (C=O) groups excluding carboxylic acids is 1. The molecule has 2 aromatic carbocycles. The zero-order valence-electron chi connectivity index (χ0n) is 12.1. The predicted molar refractivity (Wildman–Crippen MR) is 85.0 cm³/mol. The fraction of sp³-hybridized carbons (Fsp3) is 0.167. The Bertz CT molecular complexity index is 680. The molecule has 0 saturated heterocycles. The molecule has 3 rings (SSSR count). The molecule has 0 fully saturated rings. The lowest BCUT2D eigenvalue weighted by atomic mass is 10.2. The highest BCUT2D eigenvalue weighted by Gasteiger charge is 2.15. The predicted octanol–water partition coefficient (Wildman–Crippen LogP) is 3.25. The molecule has 4 nitrogen and oxygen atoms in total. The summed E-state index contributed by atoms with van der Waals surface area (Å²) in [5, 5.41) is 2.89. The lowest BCUT2D eigenvalue weighted by Crippen LogP contribution is -2.23. The molecule has 0 atom stereocenters. The average Bonchev–Trinajstić information content (AvgIpc) is 3.03.